The Labute approximate surface area is 460 Å². The number of nitrogens with one attached hydrogen (secondary N) is 4. The smallest absolute Gasteiger partial charge is 0.307 e. The van der Waals surface area contributed by atoms with Crippen molar-refractivity contribution in [3.63, 3.8) is 0 Å². The number of carbonyl (C=O) groups excluding carboxylic acids is 2. The first-order valence-corrected chi connectivity index (χ1v) is 25.9. The summed E-state index contributed by atoms with van der Waals surface area (Å²) in [5, 5.41) is 17.0. The van der Waals surface area contributed by atoms with Crippen LogP contribution in [0.15, 0.2) is 158 Å². The molecule has 14 heteroatoms. The van der Waals surface area contributed by atoms with E-state index in [-0.39, 0.29) is 12.8 Å². The lowest BCUT2D eigenvalue weighted by Crippen LogP contribution is -2.20. The summed E-state index contributed by atoms with van der Waals surface area (Å²) in [6, 6.07) is 48.6. The number of benzene rings is 6. The van der Waals surface area contributed by atoms with Crippen molar-refractivity contribution < 1.29 is 38.4 Å². The highest BCUT2D eigenvalue weighted by Crippen LogP contribution is 2.43. The molecule has 0 fully saturated rings. The fourth-order valence-corrected chi connectivity index (χ4v) is 10.8. The highest BCUT2D eigenvalue weighted by atomic mass is 16.5. The zero-order valence-electron chi connectivity index (χ0n) is 44.0. The van der Waals surface area contributed by atoms with Crippen LogP contribution in [0, 0.1) is 5.92 Å². The SMILES string of the molecule is COc1cc(OC)cc(-c2c3nc(c4c5ccc([nH]5)c(-c5cc(OC)cc(OC)c5)c5nc(c(c6ccc2[nH]6)-c2ccccc2NC(=O)c2cccc(c2)CC(C(=O)O)Cc2cccc(c2)C(=O)Nc2ccccc2-4)C=C5)C=C3)c1. The number of fused-ring (bicyclic) bond motifs is 4. The Morgan fingerprint density at radius 3 is 1.18 bits per heavy atom. The number of aromatic amines is 2. The minimum absolute atomic E-state index is 0.133. The molecule has 80 heavy (non-hydrogen) atoms. The number of ether oxygens (including phenoxy) is 4. The van der Waals surface area contributed by atoms with Gasteiger partial charge in [0.15, 0.2) is 0 Å². The molecular weight excluding hydrogens is 1000 g/mol. The summed E-state index contributed by atoms with van der Waals surface area (Å²) in [7, 11) is 6.44. The summed E-state index contributed by atoms with van der Waals surface area (Å²) >= 11 is 0. The quantitative estimate of drug-likeness (QED) is 0.103. The van der Waals surface area contributed by atoms with Crippen molar-refractivity contribution in [1.29, 1.82) is 0 Å². The van der Waals surface area contributed by atoms with Crippen LogP contribution in [-0.2, 0) is 17.6 Å². The number of aromatic nitrogens is 4. The van der Waals surface area contributed by atoms with Crippen LogP contribution in [0.25, 0.3) is 90.9 Å². The molecule has 0 atom stereocenters. The number of aliphatic carboxylic acids is 1. The van der Waals surface area contributed by atoms with Gasteiger partial charge >= 0.3 is 5.97 Å². The lowest BCUT2D eigenvalue weighted by molar-refractivity contribution is -0.141. The van der Waals surface area contributed by atoms with Crippen LogP contribution in [-0.4, -0.2) is 71.3 Å². The lowest BCUT2D eigenvalue weighted by Gasteiger charge is -2.16. The van der Waals surface area contributed by atoms with Crippen LogP contribution in [0.4, 0.5) is 11.4 Å². The van der Waals surface area contributed by atoms with Crippen LogP contribution in [0.5, 0.6) is 23.0 Å². The maximum absolute atomic E-state index is 14.6. The number of H-pyrrole nitrogens is 2. The number of amides is 2. The molecule has 9 aromatic rings. The van der Waals surface area contributed by atoms with Gasteiger partial charge in [-0.2, -0.15) is 0 Å². The minimum atomic E-state index is -1.00. The van der Waals surface area contributed by atoms with E-state index < -0.39 is 23.7 Å². The van der Waals surface area contributed by atoms with Crippen LogP contribution < -0.4 is 29.6 Å². The van der Waals surface area contributed by atoms with Gasteiger partial charge in [0.25, 0.3) is 11.8 Å². The molecule has 14 bridgehead atoms. The summed E-state index contributed by atoms with van der Waals surface area (Å²) < 4.78 is 23.4. The molecule has 394 valence electrons. The molecular formula is C66H52N6O8. The molecule has 3 aromatic heterocycles. The summed E-state index contributed by atoms with van der Waals surface area (Å²) in [4.78, 5) is 60.7. The largest absolute Gasteiger partial charge is 0.497 e. The van der Waals surface area contributed by atoms with Gasteiger partial charge in [-0.1, -0.05) is 60.7 Å². The summed E-state index contributed by atoms with van der Waals surface area (Å²) in [5.41, 5.74) is 13.8. The first kappa shape index (κ1) is 50.4. The zero-order chi connectivity index (χ0) is 55.0. The predicted molar refractivity (Wildman–Crippen MR) is 314 cm³/mol. The number of hydrogen-bond donors (Lipinski definition) is 5. The highest BCUT2D eigenvalue weighted by molar-refractivity contribution is 6.10. The molecule has 2 amide bonds. The molecule has 5 N–H and O–H groups in total. The van der Waals surface area contributed by atoms with Gasteiger partial charge in [0.1, 0.15) is 23.0 Å². The number of methoxy groups -OCH3 is 4. The van der Waals surface area contributed by atoms with Crippen molar-refractivity contribution in [1.82, 2.24) is 19.9 Å². The molecule has 7 heterocycles. The third kappa shape index (κ3) is 9.70. The van der Waals surface area contributed by atoms with Crippen molar-refractivity contribution in [3.8, 4) is 67.5 Å². The average molecular weight is 1060 g/mol. The summed E-state index contributed by atoms with van der Waals surface area (Å²) in [6.45, 7) is 0. The Hall–Kier alpha value is -10.5. The molecule has 0 aliphatic carbocycles. The fourth-order valence-electron chi connectivity index (χ4n) is 10.8. The molecule has 14 nitrogen and oxygen atoms in total. The second kappa shape index (κ2) is 21.2. The standard InChI is InChI=1S/C66H52N6O8/c1-77-44-31-41(32-45(35-44)78-2)60-52-19-23-56(67-52)62-48-15-5-7-17-50(48)71-64(73)39-13-9-11-37(27-39)29-43(66(75)76)30-38-12-10-14-40(28-38)65(74)72-51-18-8-6-16-49(51)63(57-24-20-53(60)68-57)59-26-22-55(70-59)61(54-21-25-58(62)69-54)42-33-46(79-3)36-47(34-42)80-4/h5-28,31-36,43,67,70H,29-30H2,1-4H3,(H,71,73)(H,72,74)(H,75,76). The third-order valence-electron chi connectivity index (χ3n) is 14.6. The summed E-state index contributed by atoms with van der Waals surface area (Å²) in [5.74, 6) is -0.371. The second-order valence-electron chi connectivity index (χ2n) is 19.5. The van der Waals surface area contributed by atoms with Crippen LogP contribution in [0.3, 0.4) is 0 Å². The van der Waals surface area contributed by atoms with Crippen molar-refractivity contribution in [2.24, 2.45) is 5.92 Å². The number of para-hydroxylation sites is 2. The van der Waals surface area contributed by atoms with Gasteiger partial charge < -0.3 is 44.7 Å². The van der Waals surface area contributed by atoms with Crippen molar-refractivity contribution in [3.05, 3.63) is 203 Å². The molecule has 4 aliphatic rings. The first-order chi connectivity index (χ1) is 39.0. The average Bonchev–Trinajstić information content (AvgIpc) is 4.35. The summed E-state index contributed by atoms with van der Waals surface area (Å²) in [6.07, 6.45) is 8.14. The molecule has 0 saturated carbocycles. The van der Waals surface area contributed by atoms with E-state index in [9.17, 15) is 19.5 Å². The van der Waals surface area contributed by atoms with Gasteiger partial charge in [-0.3, -0.25) is 14.4 Å². The highest BCUT2D eigenvalue weighted by Gasteiger charge is 2.25. The monoisotopic (exact) mass is 1060 g/mol. The predicted octanol–water partition coefficient (Wildman–Crippen LogP) is 13.7. The van der Waals surface area contributed by atoms with Gasteiger partial charge in [-0.15, -0.1) is 0 Å². The van der Waals surface area contributed by atoms with E-state index in [4.69, 9.17) is 28.9 Å². The topological polar surface area (TPSA) is 190 Å². The zero-order valence-corrected chi connectivity index (χ0v) is 44.0. The number of nitrogens with zero attached hydrogens (tertiary/aromatic N) is 2. The van der Waals surface area contributed by atoms with Crippen LogP contribution in [0.2, 0.25) is 0 Å². The van der Waals surface area contributed by atoms with Gasteiger partial charge in [-0.25, -0.2) is 9.97 Å². The molecule has 13 rings (SSSR count). The molecule has 0 radical (unpaired) electrons. The van der Waals surface area contributed by atoms with Gasteiger partial charge in [0.05, 0.1) is 57.1 Å². The lowest BCUT2D eigenvalue weighted by atomic mass is 9.91. The van der Waals surface area contributed by atoms with Gasteiger partial charge in [0, 0.05) is 90.1 Å². The minimum Gasteiger partial charge on any atom is -0.497 e. The van der Waals surface area contributed by atoms with Crippen molar-refractivity contribution in [2.75, 3.05) is 39.1 Å². The van der Waals surface area contributed by atoms with Crippen molar-refractivity contribution in [2.45, 2.75) is 12.8 Å². The number of carboxylic acids is 1. The normalized spacial score (nSPS) is 13.1. The van der Waals surface area contributed by atoms with Gasteiger partial charge in [-0.05, 0) is 144 Å². The number of hydrogen-bond acceptors (Lipinski definition) is 9. The van der Waals surface area contributed by atoms with Gasteiger partial charge in [0.2, 0.25) is 0 Å². The van der Waals surface area contributed by atoms with E-state index in [0.717, 1.165) is 22.3 Å². The molecule has 4 aliphatic heterocycles. The number of anilines is 2. The van der Waals surface area contributed by atoms with E-state index in [1.165, 1.54) is 0 Å². The van der Waals surface area contributed by atoms with E-state index in [2.05, 4.69) is 20.6 Å². The number of carboxylic acid groups (broad SMARTS) is 1. The molecule has 0 spiro atoms. The van der Waals surface area contributed by atoms with Crippen LogP contribution in [0.1, 0.15) is 54.6 Å². The Kier molecular flexibility index (Phi) is 13.3. The Morgan fingerprint density at radius 1 is 0.438 bits per heavy atom. The maximum atomic E-state index is 14.6. The molecule has 6 aromatic carbocycles. The molecule has 0 unspecified atom stereocenters. The van der Waals surface area contributed by atoms with E-state index >= 15 is 0 Å². The third-order valence-corrected chi connectivity index (χ3v) is 14.6. The Morgan fingerprint density at radius 2 is 0.800 bits per heavy atom. The van der Waals surface area contributed by atoms with Crippen LogP contribution >= 0.6 is 0 Å². The maximum Gasteiger partial charge on any atom is 0.307 e. The second-order valence-corrected chi connectivity index (χ2v) is 19.5. The molecule has 0 saturated heterocycles. The Balaban J connectivity index is 1.23. The number of rotatable bonds is 7. The van der Waals surface area contributed by atoms with E-state index in [1.54, 1.807) is 64.8 Å². The Bertz CT molecular complexity index is 3940. The first-order valence-electron chi connectivity index (χ1n) is 25.9. The fraction of sp³-hybridized carbons (Fsp3) is 0.106. The van der Waals surface area contributed by atoms with E-state index in [0.29, 0.717) is 124 Å². The number of carbonyl (C=O) groups is 3. The van der Waals surface area contributed by atoms with Crippen molar-refractivity contribution >= 4 is 75.5 Å². The van der Waals surface area contributed by atoms with E-state index in [1.807, 2.05) is 146 Å².